The van der Waals surface area contributed by atoms with Crippen LogP contribution in [-0.2, 0) is 0 Å². The zero-order chi connectivity index (χ0) is 37.3. The van der Waals surface area contributed by atoms with E-state index in [0.29, 0.717) is 5.56 Å². The van der Waals surface area contributed by atoms with Crippen molar-refractivity contribution >= 4 is 6.09 Å². The van der Waals surface area contributed by atoms with E-state index in [2.05, 4.69) is 20.4 Å². The second kappa shape index (κ2) is 16.9. The molecule has 18 heteroatoms. The summed E-state index contributed by atoms with van der Waals surface area (Å²) in [6, 6.07) is 11.0. The van der Waals surface area contributed by atoms with E-state index in [4.69, 9.17) is 18.3 Å². The van der Waals surface area contributed by atoms with Gasteiger partial charge in [0, 0.05) is 33.2 Å². The highest BCUT2D eigenvalue weighted by atomic mass is 19.4. The number of hydrogen-bond acceptors (Lipinski definition) is 10. The molecule has 0 fully saturated rings. The Hall–Kier alpha value is -4.87. The Labute approximate surface area is 288 Å². The van der Waals surface area contributed by atoms with Crippen molar-refractivity contribution in [1.29, 1.82) is 0 Å². The summed E-state index contributed by atoms with van der Waals surface area (Å²) in [5.41, 5.74) is 0.583. The molecule has 0 aliphatic heterocycles. The van der Waals surface area contributed by atoms with Crippen molar-refractivity contribution in [3.8, 4) is 11.5 Å². The molecule has 0 bridgehead atoms. The van der Waals surface area contributed by atoms with Gasteiger partial charge in [0.2, 0.25) is 23.6 Å². The van der Waals surface area contributed by atoms with E-state index >= 15 is 0 Å². The molecule has 0 saturated carbocycles. The molecule has 4 aromatic rings. The second-order valence-corrected chi connectivity index (χ2v) is 11.8. The number of benzene rings is 2. The second-order valence-electron chi connectivity index (χ2n) is 11.8. The Bertz CT molecular complexity index is 1710. The predicted octanol–water partition coefficient (Wildman–Crippen LogP) is 7.85. The Morgan fingerprint density at radius 1 is 0.804 bits per heavy atom. The molecule has 0 spiro atoms. The third kappa shape index (κ3) is 11.6. The number of nitrogens with zero attached hydrogens (tertiary/aromatic N) is 5. The quantitative estimate of drug-likeness (QED) is 0.0806. The minimum Gasteiger partial charge on any atom is -0.494 e. The highest BCUT2D eigenvalue weighted by Gasteiger charge is 2.39. The average molecular weight is 730 g/mol. The molecule has 4 rings (SSSR count). The van der Waals surface area contributed by atoms with Gasteiger partial charge in [-0.25, -0.2) is 4.79 Å². The van der Waals surface area contributed by atoms with Crippen molar-refractivity contribution in [3.05, 3.63) is 83.2 Å². The lowest BCUT2D eigenvalue weighted by Gasteiger charge is -2.35. The SMILES string of the molecule is Cc1nnc(C(C)C(c2cccc(OCCCC(F)(F)F)c2)N(CC(c2nnc(C)o2)C(O)c2cccc(OCCCC(F)(F)F)c2)C(=O)O)o1. The van der Waals surface area contributed by atoms with E-state index in [9.17, 15) is 41.4 Å². The molecular formula is C33H37F6N5O7. The lowest BCUT2D eigenvalue weighted by molar-refractivity contribution is -0.137. The van der Waals surface area contributed by atoms with Crippen molar-refractivity contribution in [1.82, 2.24) is 25.3 Å². The van der Waals surface area contributed by atoms with Crippen LogP contribution in [0.15, 0.2) is 57.4 Å². The maximum atomic E-state index is 13.1. The van der Waals surface area contributed by atoms with E-state index in [0.717, 1.165) is 4.90 Å². The van der Waals surface area contributed by atoms with E-state index in [1.807, 2.05) is 0 Å². The monoisotopic (exact) mass is 729 g/mol. The molecular weight excluding hydrogens is 692 g/mol. The van der Waals surface area contributed by atoms with Gasteiger partial charge in [0.15, 0.2) is 0 Å². The van der Waals surface area contributed by atoms with Crippen LogP contribution in [-0.4, -0.2) is 73.7 Å². The topological polar surface area (TPSA) is 157 Å². The Morgan fingerprint density at radius 3 is 1.76 bits per heavy atom. The number of aryl methyl sites for hydroxylation is 2. The largest absolute Gasteiger partial charge is 0.494 e. The first-order valence-corrected chi connectivity index (χ1v) is 15.9. The number of halogens is 6. The van der Waals surface area contributed by atoms with Gasteiger partial charge in [-0.3, -0.25) is 4.90 Å². The maximum absolute atomic E-state index is 13.1. The van der Waals surface area contributed by atoms with Crippen LogP contribution < -0.4 is 9.47 Å². The third-order valence-electron chi connectivity index (χ3n) is 7.77. The van der Waals surface area contributed by atoms with Gasteiger partial charge < -0.3 is 28.5 Å². The summed E-state index contributed by atoms with van der Waals surface area (Å²) in [4.78, 5) is 14.1. The first-order chi connectivity index (χ1) is 24.0. The van der Waals surface area contributed by atoms with Crippen LogP contribution in [0, 0.1) is 13.8 Å². The maximum Gasteiger partial charge on any atom is 0.407 e. The summed E-state index contributed by atoms with van der Waals surface area (Å²) >= 11 is 0. The first kappa shape index (κ1) is 38.9. The summed E-state index contributed by atoms with van der Waals surface area (Å²) in [5, 5.41) is 38.2. The van der Waals surface area contributed by atoms with Gasteiger partial charge in [-0.15, -0.1) is 20.4 Å². The third-order valence-corrected chi connectivity index (χ3v) is 7.77. The molecule has 2 heterocycles. The molecule has 0 saturated heterocycles. The van der Waals surface area contributed by atoms with Crippen LogP contribution in [0.25, 0.3) is 0 Å². The Morgan fingerprint density at radius 2 is 1.29 bits per heavy atom. The van der Waals surface area contributed by atoms with E-state index in [1.165, 1.54) is 43.3 Å². The number of hydrogen-bond donors (Lipinski definition) is 2. The normalized spacial score (nSPS) is 14.5. The number of rotatable bonds is 17. The fourth-order valence-electron chi connectivity index (χ4n) is 5.40. The molecule has 12 nitrogen and oxygen atoms in total. The summed E-state index contributed by atoms with van der Waals surface area (Å²) < 4.78 is 98.2. The number of carboxylic acid groups (broad SMARTS) is 1. The van der Waals surface area contributed by atoms with Crippen molar-refractivity contribution in [2.75, 3.05) is 19.8 Å². The van der Waals surface area contributed by atoms with E-state index < -0.39 is 61.8 Å². The lowest BCUT2D eigenvalue weighted by atomic mass is 9.89. The fraction of sp³-hybridized carbons (Fsp3) is 0.485. The highest BCUT2D eigenvalue weighted by molar-refractivity contribution is 5.66. The van der Waals surface area contributed by atoms with Crippen LogP contribution in [0.1, 0.15) is 91.3 Å². The Kier molecular flexibility index (Phi) is 12.9. The van der Waals surface area contributed by atoms with Gasteiger partial charge in [0.1, 0.15) is 11.5 Å². The number of carbonyl (C=O) groups is 1. The van der Waals surface area contributed by atoms with Crippen molar-refractivity contribution in [2.24, 2.45) is 0 Å². The number of amides is 1. The molecule has 1 amide bonds. The zero-order valence-electron chi connectivity index (χ0n) is 27.8. The average Bonchev–Trinajstić information content (AvgIpc) is 3.70. The molecule has 51 heavy (non-hydrogen) atoms. The summed E-state index contributed by atoms with van der Waals surface area (Å²) in [6.07, 6.45) is -14.3. The minimum absolute atomic E-state index is 0.0846. The molecule has 2 aromatic heterocycles. The van der Waals surface area contributed by atoms with Gasteiger partial charge >= 0.3 is 18.4 Å². The van der Waals surface area contributed by atoms with E-state index in [1.54, 1.807) is 26.0 Å². The molecule has 4 unspecified atom stereocenters. The summed E-state index contributed by atoms with van der Waals surface area (Å²) in [7, 11) is 0. The summed E-state index contributed by atoms with van der Waals surface area (Å²) in [5.74, 6) is -1.31. The van der Waals surface area contributed by atoms with Gasteiger partial charge in [-0.2, -0.15) is 26.3 Å². The van der Waals surface area contributed by atoms with Gasteiger partial charge in [-0.05, 0) is 48.2 Å². The molecule has 0 radical (unpaired) electrons. The number of alkyl halides is 6. The van der Waals surface area contributed by atoms with Crippen LogP contribution in [0.4, 0.5) is 31.1 Å². The number of ether oxygens (including phenoxy) is 2. The van der Waals surface area contributed by atoms with E-state index in [-0.39, 0.29) is 66.7 Å². The number of aliphatic hydroxyl groups is 1. The lowest BCUT2D eigenvalue weighted by Crippen LogP contribution is -2.40. The van der Waals surface area contributed by atoms with Crippen molar-refractivity contribution < 1.29 is 59.7 Å². The smallest absolute Gasteiger partial charge is 0.407 e. The van der Waals surface area contributed by atoms with Gasteiger partial charge in [0.25, 0.3) is 0 Å². The van der Waals surface area contributed by atoms with Crippen LogP contribution in [0.3, 0.4) is 0 Å². The molecule has 278 valence electrons. The molecule has 4 atom stereocenters. The van der Waals surface area contributed by atoms with Crippen LogP contribution in [0.5, 0.6) is 11.5 Å². The summed E-state index contributed by atoms with van der Waals surface area (Å²) in [6.45, 7) is 3.77. The minimum atomic E-state index is -4.35. The fourth-order valence-corrected chi connectivity index (χ4v) is 5.40. The highest BCUT2D eigenvalue weighted by Crippen LogP contribution is 2.40. The van der Waals surface area contributed by atoms with Crippen LogP contribution >= 0.6 is 0 Å². The molecule has 0 aliphatic rings. The number of aliphatic hydroxyl groups excluding tert-OH is 1. The standard InChI is InChI=1S/C33H37F6N5O7/c1-19(29-42-40-20(2)50-29)27(22-8-4-10-24(16-22)48-14-6-12-32(34,35)36)44(31(46)47)18-26(30-43-41-21(3)51-30)28(45)23-9-5-11-25(17-23)49-15-7-13-33(37,38)39/h4-5,8-11,16-17,19,26-28,45H,6-7,12-15,18H2,1-3H3,(H,46,47). The van der Waals surface area contributed by atoms with Gasteiger partial charge in [0.05, 0.1) is 37.2 Å². The van der Waals surface area contributed by atoms with Crippen molar-refractivity contribution in [2.45, 2.75) is 82.8 Å². The zero-order valence-corrected chi connectivity index (χ0v) is 27.8. The van der Waals surface area contributed by atoms with Crippen LogP contribution in [0.2, 0.25) is 0 Å². The van der Waals surface area contributed by atoms with Crippen molar-refractivity contribution in [3.63, 3.8) is 0 Å². The van der Waals surface area contributed by atoms with Gasteiger partial charge in [-0.1, -0.05) is 31.2 Å². The Balaban J connectivity index is 1.68. The predicted molar refractivity (Wildman–Crippen MR) is 166 cm³/mol. The molecule has 2 aromatic carbocycles. The first-order valence-electron chi connectivity index (χ1n) is 15.9. The molecule has 0 aliphatic carbocycles. The number of aromatic nitrogens is 4. The molecule has 2 N–H and O–H groups in total.